The van der Waals surface area contributed by atoms with Gasteiger partial charge in [-0.1, -0.05) is 0 Å². The SMILES string of the molecule is Cc1ncc(CNC2=NCCCN2)c(=O)[nH]1.I. The van der Waals surface area contributed by atoms with E-state index >= 15 is 0 Å². The molecule has 6 nitrogen and oxygen atoms in total. The molecule has 2 heterocycles. The molecule has 1 aliphatic heterocycles. The molecule has 0 aliphatic carbocycles. The third-order valence-electron chi connectivity index (χ3n) is 2.34. The second-order valence-electron chi connectivity index (χ2n) is 3.69. The standard InChI is InChI=1S/C10H15N5O.HI/c1-7-13-5-8(9(16)15-7)6-14-10-11-3-2-4-12-10;/h5H,2-4,6H2,1H3,(H2,11,12,14)(H,13,15,16);1H. The summed E-state index contributed by atoms with van der Waals surface area (Å²) in [5.41, 5.74) is 0.511. The molecule has 1 aromatic heterocycles. The minimum Gasteiger partial charge on any atom is -0.356 e. The van der Waals surface area contributed by atoms with Crippen molar-refractivity contribution in [1.82, 2.24) is 20.6 Å². The van der Waals surface area contributed by atoms with Crippen LogP contribution in [-0.4, -0.2) is 29.0 Å². The molecule has 0 aromatic carbocycles. The zero-order valence-electron chi connectivity index (χ0n) is 9.62. The summed E-state index contributed by atoms with van der Waals surface area (Å²) in [6, 6.07) is 0. The van der Waals surface area contributed by atoms with Gasteiger partial charge in [0.05, 0.1) is 5.56 Å². The van der Waals surface area contributed by atoms with Crippen molar-refractivity contribution < 1.29 is 0 Å². The molecular formula is C10H16IN5O. The van der Waals surface area contributed by atoms with Gasteiger partial charge in [-0.3, -0.25) is 9.79 Å². The van der Waals surface area contributed by atoms with E-state index in [0.29, 0.717) is 17.9 Å². The fourth-order valence-electron chi connectivity index (χ4n) is 1.47. The Morgan fingerprint density at radius 2 is 2.35 bits per heavy atom. The van der Waals surface area contributed by atoms with E-state index in [0.717, 1.165) is 25.5 Å². The van der Waals surface area contributed by atoms with Gasteiger partial charge < -0.3 is 15.6 Å². The van der Waals surface area contributed by atoms with Gasteiger partial charge in [-0.25, -0.2) is 4.98 Å². The maximum absolute atomic E-state index is 11.5. The number of nitrogens with zero attached hydrogens (tertiary/aromatic N) is 2. The first-order valence-electron chi connectivity index (χ1n) is 5.33. The van der Waals surface area contributed by atoms with Crippen molar-refractivity contribution in [2.45, 2.75) is 19.9 Å². The molecule has 2 rings (SSSR count). The Morgan fingerprint density at radius 1 is 1.53 bits per heavy atom. The summed E-state index contributed by atoms with van der Waals surface area (Å²) < 4.78 is 0. The number of hydrogen-bond acceptors (Lipinski definition) is 5. The zero-order valence-corrected chi connectivity index (χ0v) is 11.9. The molecule has 0 atom stereocenters. The van der Waals surface area contributed by atoms with E-state index in [-0.39, 0.29) is 29.5 Å². The molecule has 0 spiro atoms. The first-order chi connectivity index (χ1) is 7.75. The molecule has 17 heavy (non-hydrogen) atoms. The van der Waals surface area contributed by atoms with Crippen LogP contribution < -0.4 is 16.2 Å². The van der Waals surface area contributed by atoms with Crippen LogP contribution in [0.5, 0.6) is 0 Å². The van der Waals surface area contributed by atoms with Crippen molar-refractivity contribution in [3.05, 3.63) is 27.9 Å². The van der Waals surface area contributed by atoms with Crippen LogP contribution in [0.15, 0.2) is 16.0 Å². The summed E-state index contributed by atoms with van der Waals surface area (Å²) in [6.45, 7) is 3.95. The lowest BCUT2D eigenvalue weighted by atomic mass is 10.3. The molecule has 0 unspecified atom stereocenters. The molecule has 1 aliphatic rings. The molecule has 3 N–H and O–H groups in total. The Morgan fingerprint density at radius 3 is 3.00 bits per heavy atom. The fraction of sp³-hybridized carbons (Fsp3) is 0.500. The number of H-pyrrole nitrogens is 1. The second kappa shape index (κ2) is 6.58. The normalized spacial score (nSPS) is 14.3. The molecule has 7 heteroatoms. The van der Waals surface area contributed by atoms with E-state index in [1.165, 1.54) is 0 Å². The van der Waals surface area contributed by atoms with Gasteiger partial charge in [-0.15, -0.1) is 24.0 Å². The molecule has 0 radical (unpaired) electrons. The van der Waals surface area contributed by atoms with Gasteiger partial charge in [0.2, 0.25) is 0 Å². The summed E-state index contributed by atoms with van der Waals surface area (Å²) >= 11 is 0. The lowest BCUT2D eigenvalue weighted by Crippen LogP contribution is -2.41. The average Bonchev–Trinajstić information content (AvgIpc) is 2.29. The Labute approximate surface area is 116 Å². The maximum Gasteiger partial charge on any atom is 0.255 e. The molecular weight excluding hydrogens is 333 g/mol. The monoisotopic (exact) mass is 349 g/mol. The minimum atomic E-state index is -0.101. The van der Waals surface area contributed by atoms with Gasteiger partial charge in [0.25, 0.3) is 5.56 Å². The van der Waals surface area contributed by atoms with E-state index in [9.17, 15) is 4.79 Å². The largest absolute Gasteiger partial charge is 0.356 e. The van der Waals surface area contributed by atoms with E-state index in [1.54, 1.807) is 13.1 Å². The number of aliphatic imine (C=N–C) groups is 1. The topological polar surface area (TPSA) is 82.2 Å². The number of nitrogens with one attached hydrogen (secondary N) is 3. The van der Waals surface area contributed by atoms with Crippen LogP contribution in [0.4, 0.5) is 0 Å². The Bertz CT molecular complexity index is 456. The predicted molar refractivity (Wildman–Crippen MR) is 76.8 cm³/mol. The van der Waals surface area contributed by atoms with Crippen LogP contribution in [0.2, 0.25) is 0 Å². The zero-order chi connectivity index (χ0) is 11.4. The quantitative estimate of drug-likeness (QED) is 0.664. The van der Waals surface area contributed by atoms with Crippen LogP contribution in [-0.2, 0) is 6.54 Å². The number of rotatable bonds is 2. The van der Waals surface area contributed by atoms with Crippen molar-refractivity contribution in [2.75, 3.05) is 13.1 Å². The smallest absolute Gasteiger partial charge is 0.255 e. The number of aryl methyl sites for hydroxylation is 1. The number of hydrogen-bond donors (Lipinski definition) is 3. The van der Waals surface area contributed by atoms with E-state index < -0.39 is 0 Å². The van der Waals surface area contributed by atoms with Gasteiger partial charge in [0.15, 0.2) is 5.96 Å². The number of halogens is 1. The third kappa shape index (κ3) is 3.99. The highest BCUT2D eigenvalue weighted by molar-refractivity contribution is 14.0. The highest BCUT2D eigenvalue weighted by Gasteiger charge is 2.05. The highest BCUT2D eigenvalue weighted by Crippen LogP contribution is 1.91. The first-order valence-corrected chi connectivity index (χ1v) is 5.33. The van der Waals surface area contributed by atoms with Gasteiger partial charge >= 0.3 is 0 Å². The van der Waals surface area contributed by atoms with E-state index in [2.05, 4.69) is 25.6 Å². The predicted octanol–water partition coefficient (Wildman–Crippen LogP) is 0.135. The van der Waals surface area contributed by atoms with Gasteiger partial charge in [0, 0.05) is 25.8 Å². The number of aromatic nitrogens is 2. The Kier molecular flexibility index (Phi) is 5.39. The Hall–Kier alpha value is -1.12. The lowest BCUT2D eigenvalue weighted by Gasteiger charge is -2.15. The lowest BCUT2D eigenvalue weighted by molar-refractivity contribution is 0.699. The molecule has 0 bridgehead atoms. The van der Waals surface area contributed by atoms with Crippen molar-refractivity contribution in [1.29, 1.82) is 0 Å². The van der Waals surface area contributed by atoms with Crippen LogP contribution in [0.1, 0.15) is 17.8 Å². The summed E-state index contributed by atoms with van der Waals surface area (Å²) in [4.78, 5) is 22.5. The minimum absolute atomic E-state index is 0. The van der Waals surface area contributed by atoms with Crippen LogP contribution in [0.3, 0.4) is 0 Å². The Balaban J connectivity index is 0.00000144. The molecule has 1 aromatic rings. The van der Waals surface area contributed by atoms with Gasteiger partial charge in [0.1, 0.15) is 5.82 Å². The molecule has 0 saturated carbocycles. The van der Waals surface area contributed by atoms with Crippen LogP contribution in [0, 0.1) is 6.92 Å². The number of aromatic amines is 1. The van der Waals surface area contributed by atoms with Crippen LogP contribution in [0.25, 0.3) is 0 Å². The second-order valence-corrected chi connectivity index (χ2v) is 3.69. The van der Waals surface area contributed by atoms with Gasteiger partial charge in [-0.05, 0) is 13.3 Å². The summed E-state index contributed by atoms with van der Waals surface area (Å²) in [5, 5.41) is 6.20. The summed E-state index contributed by atoms with van der Waals surface area (Å²) in [5.74, 6) is 1.38. The molecule has 0 fully saturated rings. The van der Waals surface area contributed by atoms with Gasteiger partial charge in [-0.2, -0.15) is 0 Å². The first kappa shape index (κ1) is 13.9. The van der Waals surface area contributed by atoms with Crippen molar-refractivity contribution in [3.8, 4) is 0 Å². The average molecular weight is 349 g/mol. The molecule has 0 saturated heterocycles. The molecule has 94 valence electrons. The summed E-state index contributed by atoms with van der Waals surface area (Å²) in [7, 11) is 0. The number of guanidine groups is 1. The molecule has 0 amide bonds. The summed E-state index contributed by atoms with van der Waals surface area (Å²) in [6.07, 6.45) is 2.64. The van der Waals surface area contributed by atoms with Crippen molar-refractivity contribution >= 4 is 29.9 Å². The maximum atomic E-state index is 11.5. The van der Waals surface area contributed by atoms with Crippen molar-refractivity contribution in [3.63, 3.8) is 0 Å². The van der Waals surface area contributed by atoms with Crippen molar-refractivity contribution in [2.24, 2.45) is 4.99 Å². The fourth-order valence-corrected chi connectivity index (χ4v) is 1.47. The van der Waals surface area contributed by atoms with E-state index in [1.807, 2.05) is 0 Å². The third-order valence-corrected chi connectivity index (χ3v) is 2.34. The highest BCUT2D eigenvalue weighted by atomic mass is 127. The van der Waals surface area contributed by atoms with E-state index in [4.69, 9.17) is 0 Å². The van der Waals surface area contributed by atoms with Crippen LogP contribution >= 0.6 is 24.0 Å².